The van der Waals surface area contributed by atoms with Gasteiger partial charge in [-0.05, 0) is 29.1 Å². The third-order valence-corrected chi connectivity index (χ3v) is 4.83. The molecular weight excluding hydrogens is 346 g/mol. The number of aromatic nitrogens is 2. The Morgan fingerprint density at radius 3 is 2.71 bits per heavy atom. The van der Waals surface area contributed by atoms with Crippen LogP contribution in [0.25, 0.3) is 0 Å². The molecule has 1 atom stereocenters. The van der Waals surface area contributed by atoms with Crippen LogP contribution in [0, 0.1) is 0 Å². The monoisotopic (exact) mass is 361 g/mol. The fraction of sp³-hybridized carbons (Fsp3) is 0.188. The Hall–Kier alpha value is -1.43. The van der Waals surface area contributed by atoms with Gasteiger partial charge in [0.15, 0.2) is 0 Å². The highest BCUT2D eigenvalue weighted by molar-refractivity contribution is 9.10. The summed E-state index contributed by atoms with van der Waals surface area (Å²) in [6.45, 7) is 0.808. The maximum absolute atomic E-state index is 4.50. The summed E-state index contributed by atoms with van der Waals surface area (Å²) in [6, 6.07) is 12.7. The number of halogens is 1. The normalized spacial score (nSPS) is 12.5. The van der Waals surface area contributed by atoms with Crippen LogP contribution in [0.5, 0.6) is 0 Å². The molecule has 3 aromatic rings. The lowest BCUT2D eigenvalue weighted by Crippen LogP contribution is -2.24. The molecule has 0 radical (unpaired) electrons. The minimum atomic E-state index is 0.119. The van der Waals surface area contributed by atoms with Crippen molar-refractivity contribution in [3.63, 3.8) is 0 Å². The number of hydrogen-bond donors (Lipinski definition) is 1. The summed E-state index contributed by atoms with van der Waals surface area (Å²) < 4.78 is 3.17. The second-order valence-electron chi connectivity index (χ2n) is 4.85. The number of nitrogens with zero attached hydrogens (tertiary/aromatic N) is 2. The molecule has 0 saturated heterocycles. The molecule has 0 aliphatic rings. The van der Waals surface area contributed by atoms with Crippen LogP contribution in [-0.2, 0) is 13.6 Å². The van der Waals surface area contributed by atoms with E-state index in [1.807, 2.05) is 19.4 Å². The number of nitrogens with one attached hydrogen (secondary N) is 1. The molecule has 1 N–H and O–H groups in total. The van der Waals surface area contributed by atoms with E-state index in [9.17, 15) is 0 Å². The van der Waals surface area contributed by atoms with Gasteiger partial charge in [0.05, 0.1) is 0 Å². The van der Waals surface area contributed by atoms with Crippen LogP contribution >= 0.6 is 27.3 Å². The first-order valence-electron chi connectivity index (χ1n) is 6.72. The standard InChI is InChI=1S/C16H16BrN3S/c1-20-9-8-18-16(20)15(14-3-2-10-21-14)19-11-12-4-6-13(17)7-5-12/h2-10,15,19H,11H2,1H3. The van der Waals surface area contributed by atoms with E-state index in [2.05, 4.69) is 72.6 Å². The van der Waals surface area contributed by atoms with Gasteiger partial charge in [-0.2, -0.15) is 0 Å². The number of benzene rings is 1. The Bertz CT molecular complexity index is 689. The second kappa shape index (κ2) is 6.56. The molecule has 5 heteroatoms. The van der Waals surface area contributed by atoms with Crippen molar-refractivity contribution in [3.05, 3.63) is 74.9 Å². The van der Waals surface area contributed by atoms with E-state index in [1.54, 1.807) is 11.3 Å². The summed E-state index contributed by atoms with van der Waals surface area (Å²) in [7, 11) is 2.03. The SMILES string of the molecule is Cn1ccnc1C(NCc1ccc(Br)cc1)c1cccs1. The number of aryl methyl sites for hydroxylation is 1. The molecule has 0 aliphatic heterocycles. The van der Waals surface area contributed by atoms with Crippen LogP contribution in [0.1, 0.15) is 22.3 Å². The third kappa shape index (κ3) is 3.43. The molecule has 2 aromatic heterocycles. The van der Waals surface area contributed by atoms with Gasteiger partial charge in [0, 0.05) is 35.3 Å². The summed E-state index contributed by atoms with van der Waals surface area (Å²) in [5.41, 5.74) is 1.26. The molecule has 1 unspecified atom stereocenters. The molecule has 108 valence electrons. The number of rotatable bonds is 5. The molecule has 1 aromatic carbocycles. The van der Waals surface area contributed by atoms with E-state index in [4.69, 9.17) is 0 Å². The van der Waals surface area contributed by atoms with Gasteiger partial charge in [-0.1, -0.05) is 34.1 Å². The Morgan fingerprint density at radius 1 is 1.29 bits per heavy atom. The van der Waals surface area contributed by atoms with Crippen LogP contribution < -0.4 is 5.32 Å². The Morgan fingerprint density at radius 2 is 2.10 bits per heavy atom. The summed E-state index contributed by atoms with van der Waals surface area (Å²) in [5.74, 6) is 1.04. The van der Waals surface area contributed by atoms with Gasteiger partial charge in [0.1, 0.15) is 11.9 Å². The number of imidazole rings is 1. The van der Waals surface area contributed by atoms with Crippen molar-refractivity contribution < 1.29 is 0 Å². The number of thiophene rings is 1. The first kappa shape index (κ1) is 14.5. The van der Waals surface area contributed by atoms with E-state index in [-0.39, 0.29) is 6.04 Å². The molecule has 0 spiro atoms. The van der Waals surface area contributed by atoms with Crippen LogP contribution in [0.4, 0.5) is 0 Å². The predicted octanol–water partition coefficient (Wildman–Crippen LogP) is 4.12. The zero-order chi connectivity index (χ0) is 14.7. The van der Waals surface area contributed by atoms with Crippen LogP contribution in [0.15, 0.2) is 58.6 Å². The minimum Gasteiger partial charge on any atom is -0.336 e. The van der Waals surface area contributed by atoms with Crippen molar-refractivity contribution in [1.82, 2.24) is 14.9 Å². The Balaban J connectivity index is 1.80. The van der Waals surface area contributed by atoms with Crippen molar-refractivity contribution in [2.75, 3.05) is 0 Å². The average molecular weight is 362 g/mol. The first-order valence-corrected chi connectivity index (χ1v) is 8.40. The second-order valence-corrected chi connectivity index (χ2v) is 6.75. The van der Waals surface area contributed by atoms with Gasteiger partial charge in [-0.3, -0.25) is 5.32 Å². The fourth-order valence-electron chi connectivity index (χ4n) is 2.25. The molecule has 2 heterocycles. The zero-order valence-corrected chi connectivity index (χ0v) is 14.1. The van der Waals surface area contributed by atoms with Gasteiger partial charge in [-0.25, -0.2) is 4.98 Å². The van der Waals surface area contributed by atoms with Crippen molar-refractivity contribution in [2.24, 2.45) is 7.05 Å². The molecular formula is C16H16BrN3S. The largest absolute Gasteiger partial charge is 0.336 e. The Kier molecular flexibility index (Phi) is 4.53. The van der Waals surface area contributed by atoms with Gasteiger partial charge in [0.2, 0.25) is 0 Å². The van der Waals surface area contributed by atoms with Crippen molar-refractivity contribution >= 4 is 27.3 Å². The van der Waals surface area contributed by atoms with E-state index in [0.29, 0.717) is 0 Å². The van der Waals surface area contributed by atoms with Gasteiger partial charge in [0.25, 0.3) is 0 Å². The molecule has 0 fully saturated rings. The minimum absolute atomic E-state index is 0.119. The topological polar surface area (TPSA) is 29.9 Å². The lowest BCUT2D eigenvalue weighted by Gasteiger charge is -2.17. The highest BCUT2D eigenvalue weighted by Gasteiger charge is 2.18. The third-order valence-electron chi connectivity index (χ3n) is 3.37. The molecule has 21 heavy (non-hydrogen) atoms. The molecule has 0 saturated carbocycles. The van der Waals surface area contributed by atoms with Gasteiger partial charge >= 0.3 is 0 Å². The van der Waals surface area contributed by atoms with Crippen LogP contribution in [-0.4, -0.2) is 9.55 Å². The van der Waals surface area contributed by atoms with Crippen molar-refractivity contribution in [3.8, 4) is 0 Å². The molecule has 3 nitrogen and oxygen atoms in total. The maximum atomic E-state index is 4.50. The summed E-state index contributed by atoms with van der Waals surface area (Å²) in [6.07, 6.45) is 3.83. The quantitative estimate of drug-likeness (QED) is 0.740. The summed E-state index contributed by atoms with van der Waals surface area (Å²) in [4.78, 5) is 5.78. The van der Waals surface area contributed by atoms with Gasteiger partial charge < -0.3 is 4.57 Å². The summed E-state index contributed by atoms with van der Waals surface area (Å²) in [5, 5.41) is 5.72. The lowest BCUT2D eigenvalue weighted by molar-refractivity contribution is 0.565. The van der Waals surface area contributed by atoms with Crippen molar-refractivity contribution in [1.29, 1.82) is 0 Å². The maximum Gasteiger partial charge on any atom is 0.131 e. The number of hydrogen-bond acceptors (Lipinski definition) is 3. The molecule has 0 bridgehead atoms. The lowest BCUT2D eigenvalue weighted by atomic mass is 10.2. The average Bonchev–Trinajstić information content (AvgIpc) is 3.14. The van der Waals surface area contributed by atoms with E-state index in [0.717, 1.165) is 16.8 Å². The van der Waals surface area contributed by atoms with Gasteiger partial charge in [-0.15, -0.1) is 11.3 Å². The van der Waals surface area contributed by atoms with E-state index < -0.39 is 0 Å². The highest BCUT2D eigenvalue weighted by atomic mass is 79.9. The van der Waals surface area contributed by atoms with E-state index in [1.165, 1.54) is 10.4 Å². The fourth-order valence-corrected chi connectivity index (χ4v) is 3.31. The van der Waals surface area contributed by atoms with Crippen LogP contribution in [0.2, 0.25) is 0 Å². The highest BCUT2D eigenvalue weighted by Crippen LogP contribution is 2.25. The molecule has 0 amide bonds. The molecule has 0 aliphatic carbocycles. The Labute approximate surface area is 136 Å². The van der Waals surface area contributed by atoms with Crippen molar-refractivity contribution in [2.45, 2.75) is 12.6 Å². The molecule has 3 rings (SSSR count). The smallest absolute Gasteiger partial charge is 0.131 e. The zero-order valence-electron chi connectivity index (χ0n) is 11.7. The summed E-state index contributed by atoms with van der Waals surface area (Å²) >= 11 is 5.22. The first-order chi connectivity index (χ1) is 10.2. The predicted molar refractivity (Wildman–Crippen MR) is 90.4 cm³/mol. The van der Waals surface area contributed by atoms with E-state index >= 15 is 0 Å². The van der Waals surface area contributed by atoms with Crippen LogP contribution in [0.3, 0.4) is 0 Å².